The summed E-state index contributed by atoms with van der Waals surface area (Å²) in [5, 5.41) is 4.47. The minimum absolute atomic E-state index is 0.236. The van der Waals surface area contributed by atoms with E-state index in [2.05, 4.69) is 31.1 Å². The molecule has 3 nitrogen and oxygen atoms in total. The van der Waals surface area contributed by atoms with Crippen molar-refractivity contribution in [2.75, 3.05) is 17.6 Å². The van der Waals surface area contributed by atoms with Crippen LogP contribution >= 0.6 is 11.3 Å². The average molecular weight is 249 g/mol. The van der Waals surface area contributed by atoms with E-state index in [0.29, 0.717) is 0 Å². The molecule has 1 aromatic heterocycles. The largest absolute Gasteiger partial charge is 0.397 e. The Balaban J connectivity index is 2.30. The smallest absolute Gasteiger partial charge is 0.0907 e. The van der Waals surface area contributed by atoms with Gasteiger partial charge < -0.3 is 11.1 Å². The van der Waals surface area contributed by atoms with Crippen molar-refractivity contribution in [2.24, 2.45) is 5.41 Å². The van der Waals surface area contributed by atoms with E-state index >= 15 is 0 Å². The lowest BCUT2D eigenvalue weighted by Crippen LogP contribution is -2.19. The SMILES string of the molecule is Cc1nc2cc(NCC(C)(C)C)c(N)cc2s1. The minimum Gasteiger partial charge on any atom is -0.397 e. The summed E-state index contributed by atoms with van der Waals surface area (Å²) in [6.07, 6.45) is 0. The van der Waals surface area contributed by atoms with E-state index < -0.39 is 0 Å². The van der Waals surface area contributed by atoms with E-state index in [1.165, 1.54) is 0 Å². The van der Waals surface area contributed by atoms with Gasteiger partial charge in [-0.1, -0.05) is 20.8 Å². The van der Waals surface area contributed by atoms with Crippen LogP contribution in [0.15, 0.2) is 12.1 Å². The van der Waals surface area contributed by atoms with Crippen LogP contribution in [-0.4, -0.2) is 11.5 Å². The fourth-order valence-corrected chi connectivity index (χ4v) is 2.48. The summed E-state index contributed by atoms with van der Waals surface area (Å²) in [6, 6.07) is 4.05. The molecule has 0 saturated carbocycles. The van der Waals surface area contributed by atoms with Gasteiger partial charge in [0.15, 0.2) is 0 Å². The third-order valence-corrected chi connectivity index (χ3v) is 3.41. The van der Waals surface area contributed by atoms with Crippen LogP contribution in [0.4, 0.5) is 11.4 Å². The van der Waals surface area contributed by atoms with Crippen molar-refractivity contribution in [3.05, 3.63) is 17.1 Å². The molecule has 0 fully saturated rings. The van der Waals surface area contributed by atoms with Crippen molar-refractivity contribution in [1.82, 2.24) is 4.98 Å². The molecule has 92 valence electrons. The molecule has 1 heterocycles. The molecule has 0 aliphatic carbocycles. The summed E-state index contributed by atoms with van der Waals surface area (Å²) in [7, 11) is 0. The number of rotatable bonds is 2. The third-order valence-electron chi connectivity index (χ3n) is 2.48. The Morgan fingerprint density at radius 1 is 1.35 bits per heavy atom. The predicted molar refractivity (Wildman–Crippen MR) is 76.7 cm³/mol. The first kappa shape index (κ1) is 12.2. The van der Waals surface area contributed by atoms with E-state index in [-0.39, 0.29) is 5.41 Å². The number of thiazole rings is 1. The van der Waals surface area contributed by atoms with Gasteiger partial charge in [-0.05, 0) is 24.5 Å². The van der Waals surface area contributed by atoms with Crippen LogP contribution in [0.25, 0.3) is 10.2 Å². The molecule has 0 atom stereocenters. The first-order valence-corrected chi connectivity index (χ1v) is 6.57. The fourth-order valence-electron chi connectivity index (χ4n) is 1.62. The Kier molecular flexibility index (Phi) is 3.00. The topological polar surface area (TPSA) is 50.9 Å². The Morgan fingerprint density at radius 2 is 2.06 bits per heavy atom. The molecule has 17 heavy (non-hydrogen) atoms. The Bertz CT molecular complexity index is 537. The number of nitrogen functional groups attached to an aromatic ring is 1. The molecule has 3 N–H and O–H groups in total. The van der Waals surface area contributed by atoms with Gasteiger partial charge in [-0.15, -0.1) is 11.3 Å². The zero-order valence-corrected chi connectivity index (χ0v) is 11.6. The lowest BCUT2D eigenvalue weighted by Gasteiger charge is -2.20. The van der Waals surface area contributed by atoms with Crippen LogP contribution in [0.5, 0.6) is 0 Å². The van der Waals surface area contributed by atoms with Gasteiger partial charge in [0.05, 0.1) is 26.6 Å². The van der Waals surface area contributed by atoms with Gasteiger partial charge in [0.25, 0.3) is 0 Å². The van der Waals surface area contributed by atoms with Crippen LogP contribution < -0.4 is 11.1 Å². The maximum atomic E-state index is 6.04. The highest BCUT2D eigenvalue weighted by Crippen LogP contribution is 2.30. The normalized spacial score (nSPS) is 12.0. The van der Waals surface area contributed by atoms with Crippen molar-refractivity contribution < 1.29 is 0 Å². The minimum atomic E-state index is 0.236. The second kappa shape index (κ2) is 4.18. The lowest BCUT2D eigenvalue weighted by molar-refractivity contribution is 0.443. The summed E-state index contributed by atoms with van der Waals surface area (Å²) in [5.41, 5.74) is 9.08. The molecule has 0 aliphatic heterocycles. The highest BCUT2D eigenvalue weighted by molar-refractivity contribution is 7.18. The van der Waals surface area contributed by atoms with Gasteiger partial charge in [0.2, 0.25) is 0 Å². The summed E-state index contributed by atoms with van der Waals surface area (Å²) < 4.78 is 1.15. The molecule has 0 amide bonds. The van der Waals surface area contributed by atoms with Crippen LogP contribution in [-0.2, 0) is 0 Å². The number of nitrogens with zero attached hydrogens (tertiary/aromatic N) is 1. The summed E-state index contributed by atoms with van der Waals surface area (Å²) in [4.78, 5) is 4.48. The van der Waals surface area contributed by atoms with Crippen molar-refractivity contribution in [2.45, 2.75) is 27.7 Å². The fraction of sp³-hybridized carbons (Fsp3) is 0.462. The molecule has 1 aromatic carbocycles. The number of hydrogen-bond donors (Lipinski definition) is 2. The highest BCUT2D eigenvalue weighted by Gasteiger charge is 2.11. The number of aromatic nitrogens is 1. The Hall–Kier alpha value is -1.29. The van der Waals surface area contributed by atoms with Crippen LogP contribution in [0.1, 0.15) is 25.8 Å². The molecule has 4 heteroatoms. The zero-order chi connectivity index (χ0) is 12.6. The molecule has 0 radical (unpaired) electrons. The van der Waals surface area contributed by atoms with Crippen molar-refractivity contribution in [3.63, 3.8) is 0 Å². The second-order valence-corrected chi connectivity index (χ2v) is 6.79. The Labute approximate surface area is 106 Å². The van der Waals surface area contributed by atoms with Gasteiger partial charge in [-0.3, -0.25) is 0 Å². The van der Waals surface area contributed by atoms with Crippen LogP contribution in [0.2, 0.25) is 0 Å². The summed E-state index contributed by atoms with van der Waals surface area (Å²) in [6.45, 7) is 9.50. The predicted octanol–water partition coefficient (Wildman–Crippen LogP) is 3.64. The monoisotopic (exact) mass is 249 g/mol. The van der Waals surface area contributed by atoms with Crippen molar-refractivity contribution >= 4 is 32.9 Å². The second-order valence-electron chi connectivity index (χ2n) is 5.55. The average Bonchev–Trinajstić information content (AvgIpc) is 2.52. The maximum Gasteiger partial charge on any atom is 0.0907 e. The highest BCUT2D eigenvalue weighted by atomic mass is 32.1. The molecular formula is C13H19N3S. The first-order chi connectivity index (χ1) is 7.85. The van der Waals surface area contributed by atoms with E-state index in [0.717, 1.165) is 33.1 Å². The number of hydrogen-bond acceptors (Lipinski definition) is 4. The first-order valence-electron chi connectivity index (χ1n) is 5.76. The zero-order valence-electron chi connectivity index (χ0n) is 10.8. The molecule has 0 aliphatic rings. The van der Waals surface area contributed by atoms with E-state index in [1.807, 2.05) is 19.1 Å². The van der Waals surface area contributed by atoms with Crippen molar-refractivity contribution in [1.29, 1.82) is 0 Å². The van der Waals surface area contributed by atoms with E-state index in [4.69, 9.17) is 5.73 Å². The molecule has 0 unspecified atom stereocenters. The van der Waals surface area contributed by atoms with Crippen LogP contribution in [0, 0.1) is 12.3 Å². The third kappa shape index (κ3) is 2.88. The maximum absolute atomic E-state index is 6.04. The number of aryl methyl sites for hydroxylation is 1. The van der Waals surface area contributed by atoms with Gasteiger partial charge in [0.1, 0.15) is 0 Å². The quantitative estimate of drug-likeness (QED) is 0.799. The molecule has 0 saturated heterocycles. The molecule has 0 bridgehead atoms. The number of benzene rings is 1. The summed E-state index contributed by atoms with van der Waals surface area (Å²) >= 11 is 1.68. The lowest BCUT2D eigenvalue weighted by atomic mass is 9.97. The Morgan fingerprint density at radius 3 is 2.71 bits per heavy atom. The standard InChI is InChI=1S/C13H19N3S/c1-8-16-11-6-10(15-7-13(2,3)4)9(14)5-12(11)17-8/h5-6,15H,7,14H2,1-4H3. The van der Waals surface area contributed by atoms with Crippen molar-refractivity contribution in [3.8, 4) is 0 Å². The van der Waals surface area contributed by atoms with Gasteiger partial charge in [-0.2, -0.15) is 0 Å². The van der Waals surface area contributed by atoms with E-state index in [9.17, 15) is 0 Å². The number of fused-ring (bicyclic) bond motifs is 1. The molecular weight excluding hydrogens is 230 g/mol. The number of anilines is 2. The van der Waals surface area contributed by atoms with Gasteiger partial charge in [0, 0.05) is 6.54 Å². The number of nitrogens with one attached hydrogen (secondary N) is 1. The summed E-state index contributed by atoms with van der Waals surface area (Å²) in [5.74, 6) is 0. The molecule has 0 spiro atoms. The molecule has 2 rings (SSSR count). The van der Waals surface area contributed by atoms with Gasteiger partial charge >= 0.3 is 0 Å². The van der Waals surface area contributed by atoms with Crippen LogP contribution in [0.3, 0.4) is 0 Å². The molecule has 2 aromatic rings. The van der Waals surface area contributed by atoms with Gasteiger partial charge in [-0.25, -0.2) is 4.98 Å². The van der Waals surface area contributed by atoms with E-state index in [1.54, 1.807) is 11.3 Å². The number of nitrogens with two attached hydrogens (primary N) is 1.